The van der Waals surface area contributed by atoms with Gasteiger partial charge in [0.25, 0.3) is 5.91 Å². The smallest absolute Gasteiger partial charge is 0.303 e. The third kappa shape index (κ3) is 5.63. The number of hydrogen-bond acceptors (Lipinski definition) is 6. The number of aromatic nitrogens is 1. The van der Waals surface area contributed by atoms with Gasteiger partial charge in [0.1, 0.15) is 5.75 Å². The van der Waals surface area contributed by atoms with Crippen molar-refractivity contribution >= 4 is 32.9 Å². The number of piperazine rings is 1. The molecule has 0 atom stereocenters. The summed E-state index contributed by atoms with van der Waals surface area (Å²) in [4.78, 5) is 31.9. The van der Waals surface area contributed by atoms with Crippen LogP contribution in [0.2, 0.25) is 0 Å². The lowest BCUT2D eigenvalue weighted by molar-refractivity contribution is -0.139. The molecule has 3 aromatic rings. The Morgan fingerprint density at radius 3 is 2.20 bits per heavy atom. The Kier molecular flexibility index (Phi) is 7.90. The highest BCUT2D eigenvalue weighted by atomic mass is 32.2. The van der Waals surface area contributed by atoms with Gasteiger partial charge in [0, 0.05) is 69.3 Å². The van der Waals surface area contributed by atoms with Gasteiger partial charge in [-0.3, -0.25) is 14.5 Å². The van der Waals surface area contributed by atoms with Gasteiger partial charge in [-0.1, -0.05) is 25.3 Å². The maximum atomic E-state index is 14.2. The highest BCUT2D eigenvalue weighted by molar-refractivity contribution is 7.87. The molecule has 240 valence electrons. The largest absolute Gasteiger partial charge is 0.497 e. The van der Waals surface area contributed by atoms with Crippen LogP contribution in [0, 0.1) is 5.41 Å². The summed E-state index contributed by atoms with van der Waals surface area (Å²) in [6.07, 6.45) is 7.39. The van der Waals surface area contributed by atoms with E-state index in [1.54, 1.807) is 13.2 Å². The van der Waals surface area contributed by atoms with E-state index in [2.05, 4.69) is 26.3 Å². The maximum Gasteiger partial charge on any atom is 0.303 e. The summed E-state index contributed by atoms with van der Waals surface area (Å²) < 4.78 is 37.6. The summed E-state index contributed by atoms with van der Waals surface area (Å²) in [5.74, 6) is 0.679. The molecule has 1 aromatic heterocycles. The number of nitrogens with zero attached hydrogens (tertiary/aromatic N) is 4. The van der Waals surface area contributed by atoms with Gasteiger partial charge in [0.15, 0.2) is 0 Å². The van der Waals surface area contributed by atoms with Crippen molar-refractivity contribution in [3.05, 3.63) is 53.6 Å². The molecule has 0 unspecified atom stereocenters. The molecule has 2 saturated carbocycles. The lowest BCUT2D eigenvalue weighted by atomic mass is 9.81. The zero-order valence-corrected chi connectivity index (χ0v) is 27.1. The molecule has 5 aliphatic rings. The molecule has 2 aromatic carbocycles. The SMILES string of the molecule is COc1ccc(-c2c(C3CCCCC3)c3ccc4cc3n2CC2(CC2)C(=O)N2CCN(CC2)CCN(C)S(=O)(=O)NC4=O)cc1. The standard InChI is InChI=1S/C34H43N5O5S/c1-36-16-17-37-18-20-38(21-19-37)33(41)34(14-15-34)23-39-29-22-26(32(40)35-45(36,42)43)10-13-28(29)30(24-6-4-3-5-7-24)31(39)25-8-11-27(44-2)12-9-25/h8-13,22,24H,3-7,14-21,23H2,1-2H3,(H,35,40). The van der Waals surface area contributed by atoms with Crippen LogP contribution in [0.25, 0.3) is 22.2 Å². The molecule has 2 amide bonds. The number of ether oxygens (including phenoxy) is 1. The fraction of sp³-hybridized carbons (Fsp3) is 0.529. The van der Waals surface area contributed by atoms with Crippen molar-refractivity contribution in [2.45, 2.75) is 57.4 Å². The van der Waals surface area contributed by atoms with E-state index in [1.165, 1.54) is 36.2 Å². The summed E-state index contributed by atoms with van der Waals surface area (Å²) in [5, 5.41) is 1.07. The zero-order valence-electron chi connectivity index (χ0n) is 26.3. The molecule has 4 bridgehead atoms. The molecule has 0 radical (unpaired) electrons. The number of amides is 2. The minimum Gasteiger partial charge on any atom is -0.497 e. The molecular formula is C34H43N5O5S. The highest BCUT2D eigenvalue weighted by Crippen LogP contribution is 2.52. The van der Waals surface area contributed by atoms with Crippen molar-refractivity contribution in [2.75, 3.05) is 53.4 Å². The van der Waals surface area contributed by atoms with Crippen molar-refractivity contribution in [1.82, 2.24) is 23.4 Å². The Hall–Kier alpha value is -3.41. The van der Waals surface area contributed by atoms with Gasteiger partial charge in [0.2, 0.25) is 5.91 Å². The third-order valence-electron chi connectivity index (χ3n) is 10.5. The molecule has 11 heteroatoms. The Morgan fingerprint density at radius 1 is 0.867 bits per heavy atom. The average Bonchev–Trinajstić information content (AvgIpc) is 3.78. The van der Waals surface area contributed by atoms with Crippen molar-refractivity contribution < 1.29 is 22.7 Å². The highest BCUT2D eigenvalue weighted by Gasteiger charge is 2.53. The topological polar surface area (TPSA) is 104 Å². The summed E-state index contributed by atoms with van der Waals surface area (Å²) in [5.41, 5.74) is 4.06. The molecule has 45 heavy (non-hydrogen) atoms. The number of benzene rings is 2. The Balaban J connectivity index is 1.43. The van der Waals surface area contributed by atoms with Crippen LogP contribution in [0.15, 0.2) is 42.5 Å². The van der Waals surface area contributed by atoms with Crippen LogP contribution in [0.3, 0.4) is 0 Å². The van der Waals surface area contributed by atoms with E-state index in [0.29, 0.717) is 45.2 Å². The minimum atomic E-state index is -4.04. The Labute approximate surface area is 265 Å². The number of carbonyl (C=O) groups is 2. The van der Waals surface area contributed by atoms with Crippen molar-refractivity contribution in [2.24, 2.45) is 5.41 Å². The predicted octanol–water partition coefficient (Wildman–Crippen LogP) is 4.21. The van der Waals surface area contributed by atoms with Crippen molar-refractivity contribution in [1.29, 1.82) is 0 Å². The molecule has 4 heterocycles. The van der Waals surface area contributed by atoms with Crippen LogP contribution in [0.4, 0.5) is 0 Å². The molecule has 2 aliphatic carbocycles. The van der Waals surface area contributed by atoms with Gasteiger partial charge in [-0.25, -0.2) is 4.72 Å². The van der Waals surface area contributed by atoms with E-state index >= 15 is 0 Å². The zero-order chi connectivity index (χ0) is 31.3. The van der Waals surface area contributed by atoms with Gasteiger partial charge >= 0.3 is 10.2 Å². The van der Waals surface area contributed by atoms with Gasteiger partial charge in [-0.2, -0.15) is 12.7 Å². The quantitative estimate of drug-likeness (QED) is 0.464. The number of hydrogen-bond donors (Lipinski definition) is 1. The van der Waals surface area contributed by atoms with E-state index in [-0.39, 0.29) is 18.0 Å². The molecular weight excluding hydrogens is 590 g/mol. The van der Waals surface area contributed by atoms with E-state index < -0.39 is 21.5 Å². The monoisotopic (exact) mass is 633 g/mol. The fourth-order valence-corrected chi connectivity index (χ4v) is 8.44. The first-order chi connectivity index (χ1) is 21.7. The second kappa shape index (κ2) is 11.7. The van der Waals surface area contributed by atoms with Gasteiger partial charge in [-0.05, 0) is 79.1 Å². The molecule has 8 rings (SSSR count). The second-order valence-corrected chi connectivity index (χ2v) is 15.1. The van der Waals surface area contributed by atoms with Gasteiger partial charge in [0.05, 0.1) is 18.2 Å². The fourth-order valence-electron chi connectivity index (χ4n) is 7.61. The number of rotatable bonds is 3. The summed E-state index contributed by atoms with van der Waals surface area (Å²) in [6, 6.07) is 13.7. The van der Waals surface area contributed by atoms with Crippen LogP contribution < -0.4 is 9.46 Å². The first-order valence-corrected chi connectivity index (χ1v) is 17.7. The Morgan fingerprint density at radius 2 is 1.53 bits per heavy atom. The molecule has 1 spiro atoms. The number of fused-ring (bicyclic) bond motifs is 7. The van der Waals surface area contributed by atoms with E-state index in [4.69, 9.17) is 4.74 Å². The number of likely N-dealkylation sites (N-methyl/N-ethyl adjacent to an activating group) is 1. The minimum absolute atomic E-state index is 0.210. The molecule has 1 saturated heterocycles. The normalized spacial score (nSPS) is 23.0. The molecule has 3 aliphatic heterocycles. The number of nitrogens with one attached hydrogen (secondary N) is 1. The molecule has 10 nitrogen and oxygen atoms in total. The van der Waals surface area contributed by atoms with Crippen LogP contribution in [0.1, 0.15) is 66.8 Å². The third-order valence-corrected chi connectivity index (χ3v) is 12.0. The number of methoxy groups -OCH3 is 1. The van der Waals surface area contributed by atoms with Gasteiger partial charge < -0.3 is 14.2 Å². The number of carbonyl (C=O) groups excluding carboxylic acids is 2. The van der Waals surface area contributed by atoms with Crippen LogP contribution >= 0.6 is 0 Å². The predicted molar refractivity (Wildman–Crippen MR) is 173 cm³/mol. The van der Waals surface area contributed by atoms with E-state index in [1.807, 2.05) is 29.2 Å². The first kappa shape index (κ1) is 30.3. The van der Waals surface area contributed by atoms with Crippen LogP contribution in [-0.4, -0.2) is 92.3 Å². The Bertz CT molecular complexity index is 1720. The second-order valence-electron chi connectivity index (χ2n) is 13.3. The summed E-state index contributed by atoms with van der Waals surface area (Å²) >= 11 is 0. The summed E-state index contributed by atoms with van der Waals surface area (Å²) in [7, 11) is -0.887. The van der Waals surface area contributed by atoms with E-state index in [9.17, 15) is 18.0 Å². The van der Waals surface area contributed by atoms with E-state index in [0.717, 1.165) is 53.6 Å². The average molecular weight is 634 g/mol. The molecule has 3 fully saturated rings. The maximum absolute atomic E-state index is 14.2. The van der Waals surface area contributed by atoms with Gasteiger partial charge in [-0.15, -0.1) is 0 Å². The lowest BCUT2D eigenvalue weighted by Gasteiger charge is -2.37. The van der Waals surface area contributed by atoms with Crippen molar-refractivity contribution in [3.63, 3.8) is 0 Å². The summed E-state index contributed by atoms with van der Waals surface area (Å²) in [6.45, 7) is 3.94. The van der Waals surface area contributed by atoms with Crippen molar-refractivity contribution in [3.8, 4) is 17.0 Å². The first-order valence-electron chi connectivity index (χ1n) is 16.3. The molecule has 1 N–H and O–H groups in total. The van der Waals surface area contributed by atoms with Crippen LogP contribution in [0.5, 0.6) is 5.75 Å². The van der Waals surface area contributed by atoms with Crippen LogP contribution in [-0.2, 0) is 21.5 Å². The lowest BCUT2D eigenvalue weighted by Crippen LogP contribution is -2.53.